The smallest absolute Gasteiger partial charge is 0.298 e. The van der Waals surface area contributed by atoms with Crippen molar-refractivity contribution in [3.8, 4) is 34.6 Å². The first-order valence-corrected chi connectivity index (χ1v) is 11.4. The van der Waals surface area contributed by atoms with Gasteiger partial charge in [0.05, 0.1) is 5.69 Å². The highest BCUT2D eigenvalue weighted by Crippen LogP contribution is 2.35. The molecule has 3 aromatic rings. The van der Waals surface area contributed by atoms with Gasteiger partial charge in [-0.1, -0.05) is 35.5 Å². The molecule has 1 fully saturated rings. The summed E-state index contributed by atoms with van der Waals surface area (Å²) < 4.78 is 5.85. The monoisotopic (exact) mass is 460 g/mol. The van der Waals surface area contributed by atoms with Crippen LogP contribution >= 0.6 is 11.3 Å². The minimum absolute atomic E-state index is 0.0303. The Hall–Kier alpha value is -3.83. The first-order chi connectivity index (χ1) is 16.0. The molecule has 2 amide bonds. The zero-order valence-electron chi connectivity index (χ0n) is 18.4. The maximum Gasteiger partial charge on any atom is 0.298 e. The lowest BCUT2D eigenvalue weighted by Gasteiger charge is -2.39. The van der Waals surface area contributed by atoms with Gasteiger partial charge in [-0.15, -0.1) is 0 Å². The molecule has 1 aliphatic heterocycles. The largest absolute Gasteiger partial charge is 0.457 e. The maximum atomic E-state index is 12.2. The van der Waals surface area contributed by atoms with Crippen LogP contribution in [-0.4, -0.2) is 47.4 Å². The van der Waals surface area contributed by atoms with E-state index in [1.54, 1.807) is 11.8 Å². The number of primary amides is 1. The van der Waals surface area contributed by atoms with Gasteiger partial charge < -0.3 is 20.3 Å². The molecule has 33 heavy (non-hydrogen) atoms. The van der Waals surface area contributed by atoms with E-state index in [0.717, 1.165) is 11.3 Å². The van der Waals surface area contributed by atoms with Crippen molar-refractivity contribution in [2.75, 3.05) is 24.5 Å². The van der Waals surface area contributed by atoms with E-state index in [9.17, 15) is 9.59 Å². The number of nitrogens with two attached hydrogens (primary N) is 1. The minimum atomic E-state index is -0.516. The van der Waals surface area contributed by atoms with Gasteiger partial charge in [0.15, 0.2) is 5.13 Å². The van der Waals surface area contributed by atoms with E-state index in [0.29, 0.717) is 41.1 Å². The van der Waals surface area contributed by atoms with Gasteiger partial charge in [-0.25, -0.2) is 4.98 Å². The van der Waals surface area contributed by atoms with Crippen LogP contribution in [0, 0.1) is 11.8 Å². The molecular weight excluding hydrogens is 436 g/mol. The standard InChI is InChI=1S/C25H24N4O3S/c1-3-7-21(30)28-14-15-29(17(2)16-28)25-27-22(23(33-25)24(26)31)18-10-12-20(13-11-18)32-19-8-5-4-6-9-19/h4-6,8-13,17H,14-16H2,1-2H3,(H2,26,31). The molecule has 1 atom stereocenters. The Labute approximate surface area is 196 Å². The zero-order chi connectivity index (χ0) is 23.4. The Morgan fingerprint density at radius 2 is 1.79 bits per heavy atom. The summed E-state index contributed by atoms with van der Waals surface area (Å²) in [6.07, 6.45) is 0. The molecule has 8 heteroatoms. The van der Waals surface area contributed by atoms with Crippen molar-refractivity contribution in [1.82, 2.24) is 9.88 Å². The molecule has 0 bridgehead atoms. The Bertz CT molecular complexity index is 1210. The van der Waals surface area contributed by atoms with E-state index in [2.05, 4.69) is 16.7 Å². The van der Waals surface area contributed by atoms with Crippen molar-refractivity contribution in [3.63, 3.8) is 0 Å². The van der Waals surface area contributed by atoms with Gasteiger partial charge in [0.2, 0.25) is 0 Å². The molecule has 2 heterocycles. The minimum Gasteiger partial charge on any atom is -0.457 e. The molecule has 4 rings (SSSR count). The summed E-state index contributed by atoms with van der Waals surface area (Å²) in [5, 5.41) is 0.713. The number of nitrogens with zero attached hydrogens (tertiary/aromatic N) is 3. The third-order valence-electron chi connectivity index (χ3n) is 5.34. The SMILES string of the molecule is CC#CC(=O)N1CCN(c2nc(-c3ccc(Oc4ccccc4)cc3)c(C(N)=O)s2)C(C)C1. The molecule has 0 aliphatic carbocycles. The second kappa shape index (κ2) is 9.76. The molecule has 0 radical (unpaired) electrons. The van der Waals surface area contributed by atoms with Crippen LogP contribution in [0.2, 0.25) is 0 Å². The average Bonchev–Trinajstić information content (AvgIpc) is 3.26. The predicted octanol–water partition coefficient (Wildman–Crippen LogP) is 3.76. The second-order valence-corrected chi connectivity index (χ2v) is 8.62. The van der Waals surface area contributed by atoms with Gasteiger partial charge in [0, 0.05) is 31.2 Å². The number of amides is 2. The number of para-hydroxylation sites is 1. The van der Waals surface area contributed by atoms with Crippen molar-refractivity contribution in [1.29, 1.82) is 0 Å². The van der Waals surface area contributed by atoms with Gasteiger partial charge in [-0.05, 0) is 56.2 Å². The number of hydrogen-bond donors (Lipinski definition) is 1. The molecule has 7 nitrogen and oxygen atoms in total. The summed E-state index contributed by atoms with van der Waals surface area (Å²) >= 11 is 1.28. The van der Waals surface area contributed by atoms with E-state index in [1.807, 2.05) is 61.5 Å². The number of carbonyl (C=O) groups is 2. The molecular formula is C25H24N4O3S. The van der Waals surface area contributed by atoms with Crippen molar-refractivity contribution in [3.05, 3.63) is 59.5 Å². The molecule has 2 N–H and O–H groups in total. The number of rotatable bonds is 5. The van der Waals surface area contributed by atoms with Crippen molar-refractivity contribution in [2.24, 2.45) is 5.73 Å². The number of ether oxygens (including phenoxy) is 1. The summed E-state index contributed by atoms with van der Waals surface area (Å²) in [7, 11) is 0. The van der Waals surface area contributed by atoms with Crippen LogP contribution in [0.4, 0.5) is 5.13 Å². The molecule has 1 unspecified atom stereocenters. The van der Waals surface area contributed by atoms with Crippen LogP contribution in [-0.2, 0) is 4.79 Å². The van der Waals surface area contributed by atoms with E-state index >= 15 is 0 Å². The Morgan fingerprint density at radius 1 is 1.09 bits per heavy atom. The third kappa shape index (κ3) is 4.99. The Balaban J connectivity index is 1.55. The van der Waals surface area contributed by atoms with Gasteiger partial charge in [0.1, 0.15) is 16.4 Å². The maximum absolute atomic E-state index is 12.2. The van der Waals surface area contributed by atoms with Crippen LogP contribution in [0.5, 0.6) is 11.5 Å². The highest BCUT2D eigenvalue weighted by atomic mass is 32.1. The molecule has 0 saturated carbocycles. The number of anilines is 1. The van der Waals surface area contributed by atoms with E-state index in [1.165, 1.54) is 11.3 Å². The lowest BCUT2D eigenvalue weighted by atomic mass is 10.1. The van der Waals surface area contributed by atoms with Crippen LogP contribution < -0.4 is 15.4 Å². The van der Waals surface area contributed by atoms with E-state index < -0.39 is 5.91 Å². The van der Waals surface area contributed by atoms with Crippen molar-refractivity contribution in [2.45, 2.75) is 19.9 Å². The third-order valence-corrected chi connectivity index (χ3v) is 6.45. The van der Waals surface area contributed by atoms with Gasteiger partial charge >= 0.3 is 0 Å². The molecule has 168 valence electrons. The summed E-state index contributed by atoms with van der Waals surface area (Å²) in [5.41, 5.74) is 7.01. The van der Waals surface area contributed by atoms with Crippen molar-refractivity contribution >= 4 is 28.3 Å². The van der Waals surface area contributed by atoms with E-state index in [-0.39, 0.29) is 11.9 Å². The number of carbonyl (C=O) groups excluding carboxylic acids is 2. The number of thiazole rings is 1. The number of aromatic nitrogens is 1. The van der Waals surface area contributed by atoms with Gasteiger partial charge in [-0.2, -0.15) is 0 Å². The highest BCUT2D eigenvalue weighted by Gasteiger charge is 2.29. The average molecular weight is 461 g/mol. The lowest BCUT2D eigenvalue weighted by Crippen LogP contribution is -2.53. The fourth-order valence-electron chi connectivity index (χ4n) is 3.71. The molecule has 1 aromatic heterocycles. The first kappa shape index (κ1) is 22.4. The van der Waals surface area contributed by atoms with Crippen LogP contribution in [0.25, 0.3) is 11.3 Å². The fourth-order valence-corrected chi connectivity index (χ4v) is 4.78. The molecule has 1 saturated heterocycles. The number of hydrogen-bond acceptors (Lipinski definition) is 6. The Kier molecular flexibility index (Phi) is 6.61. The fraction of sp³-hybridized carbons (Fsp3) is 0.240. The molecule has 0 spiro atoms. The number of benzene rings is 2. The van der Waals surface area contributed by atoms with Crippen LogP contribution in [0.15, 0.2) is 54.6 Å². The predicted molar refractivity (Wildman–Crippen MR) is 129 cm³/mol. The van der Waals surface area contributed by atoms with Gasteiger partial charge in [0.25, 0.3) is 11.8 Å². The molecule has 2 aromatic carbocycles. The first-order valence-electron chi connectivity index (χ1n) is 10.6. The van der Waals surface area contributed by atoms with Gasteiger partial charge in [-0.3, -0.25) is 9.59 Å². The highest BCUT2D eigenvalue weighted by molar-refractivity contribution is 7.18. The summed E-state index contributed by atoms with van der Waals surface area (Å²) in [6, 6.07) is 17.0. The lowest BCUT2D eigenvalue weighted by molar-refractivity contribution is -0.125. The quantitative estimate of drug-likeness (QED) is 0.586. The van der Waals surface area contributed by atoms with Crippen LogP contribution in [0.3, 0.4) is 0 Å². The summed E-state index contributed by atoms with van der Waals surface area (Å²) in [6.45, 7) is 5.37. The van der Waals surface area contributed by atoms with Crippen molar-refractivity contribution < 1.29 is 14.3 Å². The normalized spacial score (nSPS) is 15.5. The topological polar surface area (TPSA) is 88.8 Å². The zero-order valence-corrected chi connectivity index (χ0v) is 19.3. The summed E-state index contributed by atoms with van der Waals surface area (Å²) in [5.74, 6) is 6.00. The second-order valence-electron chi connectivity index (χ2n) is 7.65. The summed E-state index contributed by atoms with van der Waals surface area (Å²) in [4.78, 5) is 33.3. The molecule has 1 aliphatic rings. The van der Waals surface area contributed by atoms with E-state index in [4.69, 9.17) is 15.5 Å². The van der Waals surface area contributed by atoms with Crippen LogP contribution in [0.1, 0.15) is 23.5 Å². The Morgan fingerprint density at radius 3 is 2.42 bits per heavy atom. The number of piperazine rings is 1.